The highest BCUT2D eigenvalue weighted by Crippen LogP contribution is 2.18. The topological polar surface area (TPSA) is 32.3 Å². The minimum atomic E-state index is -0.363. The Morgan fingerprint density at radius 3 is 2.67 bits per heavy atom. The zero-order chi connectivity index (χ0) is 11.3. The second-order valence-corrected chi connectivity index (χ2v) is 5.18. The van der Waals surface area contributed by atoms with Crippen molar-refractivity contribution in [3.8, 4) is 0 Å². The van der Waals surface area contributed by atoms with Gasteiger partial charge in [-0.25, -0.2) is 0 Å². The van der Waals surface area contributed by atoms with Gasteiger partial charge in [-0.2, -0.15) is 0 Å². The molecule has 0 bridgehead atoms. The Morgan fingerprint density at radius 1 is 1.47 bits per heavy atom. The van der Waals surface area contributed by atoms with Crippen LogP contribution in [0.25, 0.3) is 0 Å². The standard InChI is InChI=1S/C12H21NOS/c1-4-10(9(2)3)13-8-11(14)12-6-5-7-15-12/h5-7,9-11,13-14H,4,8H2,1-3H3. The number of hydrogen-bond donors (Lipinski definition) is 2. The minimum absolute atomic E-state index is 0.363. The van der Waals surface area contributed by atoms with Gasteiger partial charge in [0.25, 0.3) is 0 Å². The first-order valence-electron chi connectivity index (χ1n) is 5.60. The van der Waals surface area contributed by atoms with Crippen LogP contribution in [-0.2, 0) is 0 Å². The third-order valence-corrected chi connectivity index (χ3v) is 3.66. The van der Waals surface area contributed by atoms with Crippen LogP contribution >= 0.6 is 11.3 Å². The summed E-state index contributed by atoms with van der Waals surface area (Å²) in [6.07, 6.45) is 0.743. The molecule has 0 fully saturated rings. The van der Waals surface area contributed by atoms with Crippen LogP contribution in [0.1, 0.15) is 38.2 Å². The molecule has 0 aliphatic carbocycles. The van der Waals surface area contributed by atoms with Crippen LogP contribution in [0.4, 0.5) is 0 Å². The molecule has 0 saturated heterocycles. The fourth-order valence-corrected chi connectivity index (χ4v) is 2.41. The van der Waals surface area contributed by atoms with Crippen molar-refractivity contribution in [3.63, 3.8) is 0 Å². The average Bonchev–Trinajstić information content (AvgIpc) is 2.70. The van der Waals surface area contributed by atoms with E-state index in [0.29, 0.717) is 18.5 Å². The summed E-state index contributed by atoms with van der Waals surface area (Å²) in [6.45, 7) is 7.24. The van der Waals surface area contributed by atoms with Crippen LogP contribution in [0, 0.1) is 5.92 Å². The van der Waals surface area contributed by atoms with E-state index in [-0.39, 0.29) is 6.10 Å². The van der Waals surface area contributed by atoms with Gasteiger partial charge in [0.1, 0.15) is 6.10 Å². The first-order chi connectivity index (χ1) is 7.15. The Labute approximate surface area is 96.3 Å². The normalized spacial score (nSPS) is 15.5. The molecular formula is C12H21NOS. The van der Waals surface area contributed by atoms with E-state index in [0.717, 1.165) is 11.3 Å². The molecule has 1 aromatic heterocycles. The highest BCUT2D eigenvalue weighted by molar-refractivity contribution is 7.10. The second-order valence-electron chi connectivity index (χ2n) is 4.20. The average molecular weight is 227 g/mol. The van der Waals surface area contributed by atoms with Crippen LogP contribution < -0.4 is 5.32 Å². The SMILES string of the molecule is CCC(NCC(O)c1cccs1)C(C)C. The molecule has 0 aliphatic heterocycles. The van der Waals surface area contributed by atoms with Gasteiger partial charge in [-0.1, -0.05) is 26.8 Å². The van der Waals surface area contributed by atoms with Crippen molar-refractivity contribution in [1.82, 2.24) is 5.32 Å². The van der Waals surface area contributed by atoms with Crippen molar-refractivity contribution in [2.24, 2.45) is 5.92 Å². The van der Waals surface area contributed by atoms with Crippen molar-refractivity contribution < 1.29 is 5.11 Å². The third kappa shape index (κ3) is 3.93. The molecule has 15 heavy (non-hydrogen) atoms. The van der Waals surface area contributed by atoms with Crippen LogP contribution in [0.5, 0.6) is 0 Å². The maximum atomic E-state index is 9.88. The lowest BCUT2D eigenvalue weighted by atomic mass is 10.0. The maximum absolute atomic E-state index is 9.88. The molecule has 1 aromatic rings. The molecule has 0 aromatic carbocycles. The van der Waals surface area contributed by atoms with Gasteiger partial charge in [-0.3, -0.25) is 0 Å². The van der Waals surface area contributed by atoms with Gasteiger partial charge >= 0.3 is 0 Å². The largest absolute Gasteiger partial charge is 0.386 e. The molecule has 0 saturated carbocycles. The first kappa shape index (κ1) is 12.7. The summed E-state index contributed by atoms with van der Waals surface area (Å²) in [7, 11) is 0. The molecule has 2 nitrogen and oxygen atoms in total. The smallest absolute Gasteiger partial charge is 0.101 e. The fourth-order valence-electron chi connectivity index (χ4n) is 1.70. The van der Waals surface area contributed by atoms with Crippen LogP contribution in [0.3, 0.4) is 0 Å². The third-order valence-electron chi connectivity index (χ3n) is 2.69. The number of nitrogens with one attached hydrogen (secondary N) is 1. The van der Waals surface area contributed by atoms with E-state index in [1.54, 1.807) is 11.3 Å². The van der Waals surface area contributed by atoms with E-state index < -0.39 is 0 Å². The summed E-state index contributed by atoms with van der Waals surface area (Å²) in [6, 6.07) is 4.45. The molecule has 2 atom stereocenters. The second kappa shape index (κ2) is 6.26. The molecule has 0 spiro atoms. The van der Waals surface area contributed by atoms with Crippen molar-refractivity contribution in [1.29, 1.82) is 0 Å². The summed E-state index contributed by atoms with van der Waals surface area (Å²) in [4.78, 5) is 1.04. The zero-order valence-corrected chi connectivity index (χ0v) is 10.6. The monoisotopic (exact) mass is 227 g/mol. The van der Waals surface area contributed by atoms with Gasteiger partial charge in [0.05, 0.1) is 0 Å². The van der Waals surface area contributed by atoms with E-state index in [2.05, 4.69) is 26.1 Å². The minimum Gasteiger partial charge on any atom is -0.386 e. The van der Waals surface area contributed by atoms with Gasteiger partial charge in [0, 0.05) is 17.5 Å². The van der Waals surface area contributed by atoms with Crippen molar-refractivity contribution in [3.05, 3.63) is 22.4 Å². The van der Waals surface area contributed by atoms with E-state index in [1.165, 1.54) is 0 Å². The Hall–Kier alpha value is -0.380. The van der Waals surface area contributed by atoms with Crippen LogP contribution in [0.2, 0.25) is 0 Å². The summed E-state index contributed by atoms with van der Waals surface area (Å²) in [5.41, 5.74) is 0. The van der Waals surface area contributed by atoms with Gasteiger partial charge in [-0.15, -0.1) is 11.3 Å². The summed E-state index contributed by atoms with van der Waals surface area (Å²) >= 11 is 1.61. The predicted octanol–water partition coefficient (Wildman–Crippen LogP) is 2.81. The molecular weight excluding hydrogens is 206 g/mol. The molecule has 0 aliphatic rings. The van der Waals surface area contributed by atoms with Crippen molar-refractivity contribution in [2.75, 3.05) is 6.54 Å². The van der Waals surface area contributed by atoms with E-state index >= 15 is 0 Å². The quantitative estimate of drug-likeness (QED) is 0.783. The number of rotatable bonds is 6. The number of thiophene rings is 1. The number of hydrogen-bond acceptors (Lipinski definition) is 3. The molecule has 0 amide bonds. The van der Waals surface area contributed by atoms with Gasteiger partial charge < -0.3 is 10.4 Å². The maximum Gasteiger partial charge on any atom is 0.101 e. The Bertz CT molecular complexity index is 259. The lowest BCUT2D eigenvalue weighted by Gasteiger charge is -2.22. The predicted molar refractivity (Wildman–Crippen MR) is 66.2 cm³/mol. The van der Waals surface area contributed by atoms with Crippen LogP contribution in [0.15, 0.2) is 17.5 Å². The van der Waals surface area contributed by atoms with Crippen molar-refractivity contribution >= 4 is 11.3 Å². The molecule has 86 valence electrons. The Morgan fingerprint density at radius 2 is 2.20 bits per heavy atom. The lowest BCUT2D eigenvalue weighted by molar-refractivity contribution is 0.168. The van der Waals surface area contributed by atoms with Crippen LogP contribution in [-0.4, -0.2) is 17.7 Å². The zero-order valence-electron chi connectivity index (χ0n) is 9.73. The molecule has 1 heterocycles. The first-order valence-corrected chi connectivity index (χ1v) is 6.48. The molecule has 1 rings (SSSR count). The molecule has 2 unspecified atom stereocenters. The molecule has 0 radical (unpaired) electrons. The Kier molecular flexibility index (Phi) is 5.29. The lowest BCUT2D eigenvalue weighted by Crippen LogP contribution is -2.35. The Balaban J connectivity index is 2.36. The summed E-state index contributed by atoms with van der Waals surface area (Å²) < 4.78 is 0. The number of aliphatic hydroxyl groups is 1. The van der Waals surface area contributed by atoms with Gasteiger partial charge in [-0.05, 0) is 23.8 Å². The van der Waals surface area contributed by atoms with Gasteiger partial charge in [0.15, 0.2) is 0 Å². The van der Waals surface area contributed by atoms with E-state index in [1.807, 2.05) is 17.5 Å². The highest BCUT2D eigenvalue weighted by atomic mass is 32.1. The number of aliphatic hydroxyl groups excluding tert-OH is 1. The van der Waals surface area contributed by atoms with Crippen molar-refractivity contribution in [2.45, 2.75) is 39.3 Å². The fraction of sp³-hybridized carbons (Fsp3) is 0.667. The summed E-state index contributed by atoms with van der Waals surface area (Å²) in [5, 5.41) is 15.3. The molecule has 3 heteroatoms. The van der Waals surface area contributed by atoms with E-state index in [9.17, 15) is 5.11 Å². The summed E-state index contributed by atoms with van der Waals surface area (Å²) in [5.74, 6) is 0.616. The highest BCUT2D eigenvalue weighted by Gasteiger charge is 2.13. The van der Waals surface area contributed by atoms with E-state index in [4.69, 9.17) is 0 Å². The molecule has 2 N–H and O–H groups in total. The van der Waals surface area contributed by atoms with Gasteiger partial charge in [0.2, 0.25) is 0 Å².